The second-order valence-electron chi connectivity index (χ2n) is 6.69. The Balaban J connectivity index is 1.99. The second kappa shape index (κ2) is 6.49. The molecule has 3 nitrogen and oxygen atoms in total. The van der Waals surface area contributed by atoms with Crippen LogP contribution >= 0.6 is 0 Å². The zero-order valence-electron chi connectivity index (χ0n) is 15.3. The van der Waals surface area contributed by atoms with Crippen LogP contribution in [0.5, 0.6) is 0 Å². The van der Waals surface area contributed by atoms with E-state index < -0.39 is 0 Å². The number of aryl methyl sites for hydroxylation is 1. The van der Waals surface area contributed by atoms with Gasteiger partial charge in [0.1, 0.15) is 0 Å². The van der Waals surface area contributed by atoms with Gasteiger partial charge in [-0.15, -0.1) is 0 Å². The molecule has 25 heavy (non-hydrogen) atoms. The fraction of sp³-hybridized carbons (Fsp3) is 0.318. The summed E-state index contributed by atoms with van der Waals surface area (Å²) in [6.07, 6.45) is 3.87. The molecule has 0 atom stereocenters. The van der Waals surface area contributed by atoms with Crippen molar-refractivity contribution in [2.24, 2.45) is 0 Å². The van der Waals surface area contributed by atoms with E-state index >= 15 is 0 Å². The van der Waals surface area contributed by atoms with Crippen molar-refractivity contribution in [2.45, 2.75) is 27.3 Å². The number of hydrogen-bond donors (Lipinski definition) is 0. The SMILES string of the molecule is CCN(CC)CCn1c2ccccc2c2cc3cnccc3c(C)c21. The minimum Gasteiger partial charge on any atom is -0.339 e. The molecule has 2 aromatic carbocycles. The Morgan fingerprint density at radius 3 is 2.60 bits per heavy atom. The third-order valence-electron chi connectivity index (χ3n) is 5.46. The molecular weight excluding hydrogens is 306 g/mol. The van der Waals surface area contributed by atoms with Gasteiger partial charge in [0, 0.05) is 47.2 Å². The van der Waals surface area contributed by atoms with Crippen LogP contribution in [-0.4, -0.2) is 34.1 Å². The van der Waals surface area contributed by atoms with E-state index in [4.69, 9.17) is 0 Å². The number of benzene rings is 2. The lowest BCUT2D eigenvalue weighted by Gasteiger charge is -2.19. The molecule has 0 aliphatic rings. The molecule has 0 aliphatic carbocycles. The minimum atomic E-state index is 1.02. The maximum atomic E-state index is 4.32. The zero-order valence-corrected chi connectivity index (χ0v) is 15.3. The number of rotatable bonds is 5. The molecule has 0 fully saturated rings. The third-order valence-corrected chi connectivity index (χ3v) is 5.46. The molecule has 0 saturated heterocycles. The van der Waals surface area contributed by atoms with Crippen LogP contribution in [0.1, 0.15) is 19.4 Å². The third kappa shape index (κ3) is 2.59. The van der Waals surface area contributed by atoms with E-state index in [1.807, 2.05) is 12.4 Å². The summed E-state index contributed by atoms with van der Waals surface area (Å²) < 4.78 is 2.51. The smallest absolute Gasteiger partial charge is 0.0528 e. The van der Waals surface area contributed by atoms with Crippen molar-refractivity contribution in [3.05, 3.63) is 54.4 Å². The van der Waals surface area contributed by atoms with Gasteiger partial charge >= 0.3 is 0 Å². The van der Waals surface area contributed by atoms with Gasteiger partial charge in [-0.1, -0.05) is 32.0 Å². The number of pyridine rings is 1. The highest BCUT2D eigenvalue weighted by molar-refractivity contribution is 6.14. The molecule has 0 spiro atoms. The largest absolute Gasteiger partial charge is 0.339 e. The molecule has 2 aromatic heterocycles. The summed E-state index contributed by atoms with van der Waals surface area (Å²) in [6.45, 7) is 11.0. The van der Waals surface area contributed by atoms with Crippen LogP contribution in [0.3, 0.4) is 0 Å². The highest BCUT2D eigenvalue weighted by atomic mass is 15.1. The summed E-state index contributed by atoms with van der Waals surface area (Å²) in [6, 6.07) is 13.2. The van der Waals surface area contributed by atoms with Gasteiger partial charge in [0.15, 0.2) is 0 Å². The standard InChI is InChI=1S/C22H25N3/c1-4-24(5-2)12-13-25-21-9-7-6-8-19(21)20-14-17-15-23-11-10-18(17)16(3)22(20)25/h6-11,14-15H,4-5,12-13H2,1-3H3. The van der Waals surface area contributed by atoms with Crippen molar-refractivity contribution in [3.8, 4) is 0 Å². The number of para-hydroxylation sites is 1. The molecule has 0 radical (unpaired) electrons. The molecule has 0 unspecified atom stereocenters. The Kier molecular flexibility index (Phi) is 4.18. The Hall–Kier alpha value is -2.39. The van der Waals surface area contributed by atoms with Gasteiger partial charge in [0.2, 0.25) is 0 Å². The van der Waals surface area contributed by atoms with Gasteiger partial charge in [-0.2, -0.15) is 0 Å². The van der Waals surface area contributed by atoms with Crippen molar-refractivity contribution in [1.29, 1.82) is 0 Å². The van der Waals surface area contributed by atoms with E-state index in [9.17, 15) is 0 Å². The number of hydrogen-bond acceptors (Lipinski definition) is 2. The first-order chi connectivity index (χ1) is 12.2. The summed E-state index contributed by atoms with van der Waals surface area (Å²) >= 11 is 0. The predicted molar refractivity (Wildman–Crippen MR) is 107 cm³/mol. The fourth-order valence-electron chi connectivity index (χ4n) is 4.04. The number of fused-ring (bicyclic) bond motifs is 4. The average Bonchev–Trinajstić information content (AvgIpc) is 2.97. The maximum absolute atomic E-state index is 4.32. The maximum Gasteiger partial charge on any atom is 0.0528 e. The van der Waals surface area contributed by atoms with Gasteiger partial charge < -0.3 is 9.47 Å². The summed E-state index contributed by atoms with van der Waals surface area (Å²) in [5.41, 5.74) is 4.05. The van der Waals surface area contributed by atoms with Crippen LogP contribution in [0.15, 0.2) is 48.8 Å². The predicted octanol–water partition coefficient (Wildman–Crippen LogP) is 4.99. The highest BCUT2D eigenvalue weighted by Gasteiger charge is 2.15. The van der Waals surface area contributed by atoms with Gasteiger partial charge in [0.05, 0.1) is 5.52 Å². The van der Waals surface area contributed by atoms with Crippen LogP contribution < -0.4 is 0 Å². The molecular formula is C22H25N3. The van der Waals surface area contributed by atoms with Crippen molar-refractivity contribution >= 4 is 32.6 Å². The van der Waals surface area contributed by atoms with E-state index in [2.05, 4.69) is 71.6 Å². The van der Waals surface area contributed by atoms with E-state index in [-0.39, 0.29) is 0 Å². The van der Waals surface area contributed by atoms with Gasteiger partial charge in [-0.05, 0) is 49.2 Å². The topological polar surface area (TPSA) is 21.1 Å². The summed E-state index contributed by atoms with van der Waals surface area (Å²) in [7, 11) is 0. The Bertz CT molecular complexity index is 1040. The first-order valence-electron chi connectivity index (χ1n) is 9.21. The number of nitrogens with zero attached hydrogens (tertiary/aromatic N) is 3. The average molecular weight is 331 g/mol. The van der Waals surface area contributed by atoms with Crippen molar-refractivity contribution < 1.29 is 0 Å². The van der Waals surface area contributed by atoms with Gasteiger partial charge in [0.25, 0.3) is 0 Å². The van der Waals surface area contributed by atoms with Crippen molar-refractivity contribution in [3.63, 3.8) is 0 Å². The lowest BCUT2D eigenvalue weighted by Crippen LogP contribution is -2.27. The van der Waals surface area contributed by atoms with Crippen molar-refractivity contribution in [1.82, 2.24) is 14.5 Å². The molecule has 0 bridgehead atoms. The molecule has 0 aliphatic heterocycles. The van der Waals surface area contributed by atoms with E-state index in [0.717, 1.165) is 26.2 Å². The van der Waals surface area contributed by atoms with Crippen LogP contribution in [-0.2, 0) is 6.54 Å². The highest BCUT2D eigenvalue weighted by Crippen LogP contribution is 2.35. The van der Waals surface area contributed by atoms with Crippen molar-refractivity contribution in [2.75, 3.05) is 19.6 Å². The lowest BCUT2D eigenvalue weighted by molar-refractivity contribution is 0.293. The normalized spacial score (nSPS) is 12.0. The monoisotopic (exact) mass is 331 g/mol. The first kappa shape index (κ1) is 16.1. The number of aromatic nitrogens is 2. The number of likely N-dealkylation sites (N-methyl/N-ethyl adjacent to an activating group) is 1. The molecule has 2 heterocycles. The molecule has 128 valence electrons. The molecule has 0 N–H and O–H groups in total. The van der Waals surface area contributed by atoms with E-state index in [0.29, 0.717) is 0 Å². The molecule has 3 heteroatoms. The van der Waals surface area contributed by atoms with Crippen LogP contribution in [0.4, 0.5) is 0 Å². The fourth-order valence-corrected chi connectivity index (χ4v) is 4.04. The van der Waals surface area contributed by atoms with E-state index in [1.54, 1.807) is 0 Å². The van der Waals surface area contributed by atoms with Crippen LogP contribution in [0.2, 0.25) is 0 Å². The molecule has 4 aromatic rings. The zero-order chi connectivity index (χ0) is 17.4. The van der Waals surface area contributed by atoms with Crippen LogP contribution in [0, 0.1) is 6.92 Å². The van der Waals surface area contributed by atoms with Crippen LogP contribution in [0.25, 0.3) is 32.6 Å². The summed E-state index contributed by atoms with van der Waals surface area (Å²) in [4.78, 5) is 6.80. The Morgan fingerprint density at radius 1 is 1.00 bits per heavy atom. The second-order valence-corrected chi connectivity index (χ2v) is 6.69. The Labute approximate surface area is 148 Å². The molecule has 0 saturated carbocycles. The summed E-state index contributed by atoms with van der Waals surface area (Å²) in [5.74, 6) is 0. The summed E-state index contributed by atoms with van der Waals surface area (Å²) in [5, 5.41) is 5.20. The molecule has 0 amide bonds. The van der Waals surface area contributed by atoms with Gasteiger partial charge in [-0.3, -0.25) is 4.98 Å². The van der Waals surface area contributed by atoms with E-state index in [1.165, 1.54) is 38.1 Å². The first-order valence-corrected chi connectivity index (χ1v) is 9.21. The van der Waals surface area contributed by atoms with Gasteiger partial charge in [-0.25, -0.2) is 0 Å². The Morgan fingerprint density at radius 2 is 1.80 bits per heavy atom. The lowest BCUT2D eigenvalue weighted by atomic mass is 10.0. The quantitative estimate of drug-likeness (QED) is 0.513. The minimum absolute atomic E-state index is 1.02. The molecule has 4 rings (SSSR count).